The summed E-state index contributed by atoms with van der Waals surface area (Å²) < 4.78 is 5.33. The molecule has 1 saturated carbocycles. The fourth-order valence-corrected chi connectivity index (χ4v) is 3.52. The lowest BCUT2D eigenvalue weighted by Crippen LogP contribution is -2.54. The maximum Gasteiger partial charge on any atom is 0.305 e. The van der Waals surface area contributed by atoms with E-state index < -0.39 is 12.0 Å². The van der Waals surface area contributed by atoms with Crippen LogP contribution in [0.1, 0.15) is 32.1 Å². The number of morpholine rings is 1. The van der Waals surface area contributed by atoms with Crippen LogP contribution in [-0.2, 0) is 19.1 Å². The molecule has 2 atom stereocenters. The van der Waals surface area contributed by atoms with Crippen LogP contribution in [0.3, 0.4) is 0 Å². The largest absolute Gasteiger partial charge is 0.481 e. The van der Waals surface area contributed by atoms with Gasteiger partial charge in [0.05, 0.1) is 31.6 Å². The van der Waals surface area contributed by atoms with Crippen molar-refractivity contribution in [2.45, 2.75) is 38.1 Å². The molecule has 2 heterocycles. The second kappa shape index (κ2) is 6.86. The molecule has 0 bridgehead atoms. The van der Waals surface area contributed by atoms with E-state index in [1.165, 1.54) is 0 Å². The molecule has 7 heteroatoms. The van der Waals surface area contributed by atoms with Crippen LogP contribution in [0, 0.1) is 11.8 Å². The first-order chi connectivity index (χ1) is 11.1. The van der Waals surface area contributed by atoms with E-state index in [2.05, 4.69) is 0 Å². The molecule has 2 unspecified atom stereocenters. The first-order valence-corrected chi connectivity index (χ1v) is 8.45. The van der Waals surface area contributed by atoms with Crippen LogP contribution >= 0.6 is 0 Å². The lowest BCUT2D eigenvalue weighted by atomic mass is 9.95. The fraction of sp³-hybridized carbons (Fsp3) is 0.812. The second-order valence-electron chi connectivity index (χ2n) is 6.76. The molecule has 3 fully saturated rings. The van der Waals surface area contributed by atoms with Crippen LogP contribution in [-0.4, -0.2) is 71.6 Å². The third kappa shape index (κ3) is 3.83. The zero-order chi connectivity index (χ0) is 16.4. The fourth-order valence-electron chi connectivity index (χ4n) is 3.52. The number of amides is 2. The Kier molecular flexibility index (Phi) is 4.84. The van der Waals surface area contributed by atoms with E-state index in [1.54, 1.807) is 4.90 Å². The maximum atomic E-state index is 12.8. The summed E-state index contributed by atoms with van der Waals surface area (Å²) in [7, 11) is 0. The van der Waals surface area contributed by atoms with Gasteiger partial charge in [0, 0.05) is 25.6 Å². The van der Waals surface area contributed by atoms with Gasteiger partial charge in [0.2, 0.25) is 11.8 Å². The number of carboxylic acid groups (broad SMARTS) is 1. The van der Waals surface area contributed by atoms with Crippen molar-refractivity contribution in [1.29, 1.82) is 0 Å². The Hall–Kier alpha value is -1.63. The van der Waals surface area contributed by atoms with E-state index in [0.717, 1.165) is 32.2 Å². The van der Waals surface area contributed by atoms with Crippen molar-refractivity contribution in [3.63, 3.8) is 0 Å². The summed E-state index contributed by atoms with van der Waals surface area (Å²) in [5.41, 5.74) is 0. The van der Waals surface area contributed by atoms with Gasteiger partial charge in [-0.25, -0.2) is 0 Å². The molecule has 1 aliphatic carbocycles. The number of ether oxygens (including phenoxy) is 1. The van der Waals surface area contributed by atoms with Crippen LogP contribution in [0.5, 0.6) is 0 Å². The van der Waals surface area contributed by atoms with Gasteiger partial charge in [0.1, 0.15) is 0 Å². The predicted molar refractivity (Wildman–Crippen MR) is 80.6 cm³/mol. The number of carboxylic acids is 1. The zero-order valence-electron chi connectivity index (χ0n) is 13.3. The Balaban J connectivity index is 1.63. The highest BCUT2D eigenvalue weighted by atomic mass is 16.5. The third-order valence-corrected chi connectivity index (χ3v) is 4.93. The second-order valence-corrected chi connectivity index (χ2v) is 6.76. The average molecular weight is 324 g/mol. The van der Waals surface area contributed by atoms with Crippen molar-refractivity contribution in [3.8, 4) is 0 Å². The molecule has 23 heavy (non-hydrogen) atoms. The van der Waals surface area contributed by atoms with Gasteiger partial charge in [0.25, 0.3) is 0 Å². The molecule has 3 rings (SSSR count). The Labute approximate surface area is 135 Å². The summed E-state index contributed by atoms with van der Waals surface area (Å²) in [5.74, 6) is -0.792. The van der Waals surface area contributed by atoms with E-state index in [9.17, 15) is 14.4 Å². The number of aliphatic carboxylic acids is 1. The van der Waals surface area contributed by atoms with Gasteiger partial charge in [-0.3, -0.25) is 14.4 Å². The Morgan fingerprint density at radius 2 is 1.83 bits per heavy atom. The molecule has 3 aliphatic rings. The van der Waals surface area contributed by atoms with E-state index >= 15 is 0 Å². The molecule has 1 N–H and O–H groups in total. The monoisotopic (exact) mass is 324 g/mol. The molecule has 0 aromatic heterocycles. The highest BCUT2D eigenvalue weighted by Gasteiger charge is 2.39. The number of likely N-dealkylation sites (tertiary alicyclic amines) is 1. The summed E-state index contributed by atoms with van der Waals surface area (Å²) in [4.78, 5) is 39.5. The Morgan fingerprint density at radius 1 is 1.04 bits per heavy atom. The van der Waals surface area contributed by atoms with E-state index in [4.69, 9.17) is 9.84 Å². The van der Waals surface area contributed by atoms with Crippen LogP contribution in [0.25, 0.3) is 0 Å². The number of carbonyl (C=O) groups is 3. The topological polar surface area (TPSA) is 87.2 Å². The van der Waals surface area contributed by atoms with E-state index in [1.807, 2.05) is 4.90 Å². The Morgan fingerprint density at radius 3 is 2.52 bits per heavy atom. The summed E-state index contributed by atoms with van der Waals surface area (Å²) in [6.07, 6.45) is 3.45. The standard InChI is InChI=1S/C16H24N2O5/c19-14(20)8-13-10-23-7-6-18(13)16(22)12-2-1-5-17(9-12)15(21)11-3-4-11/h11-13H,1-10H2,(H,19,20). The molecule has 128 valence electrons. The van der Waals surface area contributed by atoms with Gasteiger partial charge in [-0.1, -0.05) is 0 Å². The molecule has 0 radical (unpaired) electrons. The molecule has 0 aromatic rings. The summed E-state index contributed by atoms with van der Waals surface area (Å²) >= 11 is 0. The van der Waals surface area contributed by atoms with Crippen LogP contribution in [0.15, 0.2) is 0 Å². The first-order valence-electron chi connectivity index (χ1n) is 8.45. The minimum absolute atomic E-state index is 0.0205. The number of rotatable bonds is 4. The normalized spacial score (nSPS) is 28.5. The highest BCUT2D eigenvalue weighted by molar-refractivity contribution is 5.84. The summed E-state index contributed by atoms with van der Waals surface area (Å²) in [6.45, 7) is 2.37. The third-order valence-electron chi connectivity index (χ3n) is 4.93. The smallest absolute Gasteiger partial charge is 0.305 e. The van der Waals surface area contributed by atoms with E-state index in [-0.39, 0.29) is 36.7 Å². The first kappa shape index (κ1) is 16.2. The van der Waals surface area contributed by atoms with Gasteiger partial charge in [0.15, 0.2) is 0 Å². The van der Waals surface area contributed by atoms with Crippen molar-refractivity contribution in [2.75, 3.05) is 32.8 Å². The molecule has 7 nitrogen and oxygen atoms in total. The molecule has 0 aromatic carbocycles. The van der Waals surface area contributed by atoms with Gasteiger partial charge >= 0.3 is 5.97 Å². The summed E-state index contributed by atoms with van der Waals surface area (Å²) in [5, 5.41) is 9.01. The number of hydrogen-bond acceptors (Lipinski definition) is 4. The molecule has 2 saturated heterocycles. The lowest BCUT2D eigenvalue weighted by Gasteiger charge is -2.40. The highest BCUT2D eigenvalue weighted by Crippen LogP contribution is 2.33. The van der Waals surface area contributed by atoms with Crippen LogP contribution in [0.2, 0.25) is 0 Å². The Bertz CT molecular complexity index is 491. The van der Waals surface area contributed by atoms with Crippen molar-refractivity contribution < 1.29 is 24.2 Å². The lowest BCUT2D eigenvalue weighted by molar-refractivity contribution is -0.151. The maximum absolute atomic E-state index is 12.8. The van der Waals surface area contributed by atoms with Gasteiger partial charge in [-0.2, -0.15) is 0 Å². The van der Waals surface area contributed by atoms with Gasteiger partial charge < -0.3 is 19.6 Å². The summed E-state index contributed by atoms with van der Waals surface area (Å²) in [6, 6.07) is -0.400. The molecule has 2 amide bonds. The van der Waals surface area contributed by atoms with Crippen LogP contribution < -0.4 is 0 Å². The minimum Gasteiger partial charge on any atom is -0.481 e. The molecular formula is C16H24N2O5. The van der Waals surface area contributed by atoms with Crippen molar-refractivity contribution in [1.82, 2.24) is 9.80 Å². The number of nitrogens with zero attached hydrogens (tertiary/aromatic N) is 2. The quantitative estimate of drug-likeness (QED) is 0.805. The van der Waals surface area contributed by atoms with Gasteiger partial charge in [-0.05, 0) is 25.7 Å². The molecule has 0 spiro atoms. The van der Waals surface area contributed by atoms with Crippen molar-refractivity contribution >= 4 is 17.8 Å². The van der Waals surface area contributed by atoms with Gasteiger partial charge in [-0.15, -0.1) is 0 Å². The zero-order valence-corrected chi connectivity index (χ0v) is 13.3. The van der Waals surface area contributed by atoms with E-state index in [0.29, 0.717) is 19.7 Å². The number of piperidine rings is 1. The minimum atomic E-state index is -0.924. The van der Waals surface area contributed by atoms with Crippen molar-refractivity contribution in [2.24, 2.45) is 11.8 Å². The number of hydrogen-bond donors (Lipinski definition) is 1. The SMILES string of the molecule is O=C(O)CC1COCCN1C(=O)C1CCCN(C(=O)C2CC2)C1. The molecular weight excluding hydrogens is 300 g/mol. The predicted octanol–water partition coefficient (Wildman–Crippen LogP) is 0.337. The average Bonchev–Trinajstić information content (AvgIpc) is 3.38. The number of carbonyl (C=O) groups excluding carboxylic acids is 2. The van der Waals surface area contributed by atoms with Crippen LogP contribution in [0.4, 0.5) is 0 Å². The van der Waals surface area contributed by atoms with Crippen molar-refractivity contribution in [3.05, 3.63) is 0 Å². The molecule has 2 aliphatic heterocycles.